The van der Waals surface area contributed by atoms with Crippen molar-refractivity contribution in [2.75, 3.05) is 0 Å². The summed E-state index contributed by atoms with van der Waals surface area (Å²) in [5, 5.41) is 10.3. The van der Waals surface area contributed by atoms with Gasteiger partial charge in [0, 0.05) is 22.0 Å². The molecule has 3 heteroatoms. The van der Waals surface area contributed by atoms with E-state index in [-0.39, 0.29) is 5.78 Å². The summed E-state index contributed by atoms with van der Waals surface area (Å²) in [6.07, 6.45) is 0. The highest BCUT2D eigenvalue weighted by Crippen LogP contribution is 2.29. The summed E-state index contributed by atoms with van der Waals surface area (Å²) >= 11 is 0. The van der Waals surface area contributed by atoms with Crippen molar-refractivity contribution in [2.45, 2.75) is 13.8 Å². The Balaban J connectivity index is 2.60. The third kappa shape index (κ3) is 1.35. The van der Waals surface area contributed by atoms with Crippen molar-refractivity contribution >= 4 is 27.5 Å². The fourth-order valence-electron chi connectivity index (χ4n) is 2.26. The second-order valence-corrected chi connectivity index (χ2v) is 4.27. The molecule has 0 fully saturated rings. The number of benzene rings is 2. The van der Waals surface area contributed by atoms with Gasteiger partial charge in [0.25, 0.3) is 0 Å². The van der Waals surface area contributed by atoms with Gasteiger partial charge in [-0.1, -0.05) is 24.3 Å². The summed E-state index contributed by atoms with van der Waals surface area (Å²) in [5.41, 5.74) is 2.69. The fraction of sp³-hybridized carbons (Fsp3) is 0.143. The standard InChI is InChI=1S/C14H12N2O/c1-8-12-7-13(9(2)17)10-5-3-4-6-11(10)14(12)16-15-8/h3-7H,1-2H3,(H,15,16). The van der Waals surface area contributed by atoms with Crippen LogP contribution in [0.3, 0.4) is 0 Å². The number of aryl methyl sites for hydroxylation is 1. The molecule has 3 aromatic rings. The van der Waals surface area contributed by atoms with E-state index in [1.54, 1.807) is 6.92 Å². The van der Waals surface area contributed by atoms with Crippen LogP contribution in [0.1, 0.15) is 23.0 Å². The van der Waals surface area contributed by atoms with E-state index in [0.29, 0.717) is 0 Å². The summed E-state index contributed by atoms with van der Waals surface area (Å²) in [7, 11) is 0. The minimum atomic E-state index is 0.0868. The molecule has 1 N–H and O–H groups in total. The first-order valence-electron chi connectivity index (χ1n) is 5.56. The molecule has 0 spiro atoms. The number of hydrogen-bond donors (Lipinski definition) is 1. The van der Waals surface area contributed by atoms with Crippen LogP contribution in [0.2, 0.25) is 0 Å². The van der Waals surface area contributed by atoms with Gasteiger partial charge in [0.1, 0.15) is 5.52 Å². The van der Waals surface area contributed by atoms with Crippen LogP contribution < -0.4 is 0 Å². The van der Waals surface area contributed by atoms with Crippen LogP contribution in [0.5, 0.6) is 0 Å². The smallest absolute Gasteiger partial charge is 0.160 e. The van der Waals surface area contributed by atoms with Gasteiger partial charge in [0.15, 0.2) is 5.78 Å². The molecule has 17 heavy (non-hydrogen) atoms. The lowest BCUT2D eigenvalue weighted by Crippen LogP contribution is -1.94. The number of nitrogens with one attached hydrogen (secondary N) is 1. The Morgan fingerprint density at radius 3 is 2.59 bits per heavy atom. The summed E-state index contributed by atoms with van der Waals surface area (Å²) in [6.45, 7) is 3.57. The van der Waals surface area contributed by atoms with Crippen LogP contribution in [0, 0.1) is 6.92 Å². The van der Waals surface area contributed by atoms with Gasteiger partial charge in [-0.05, 0) is 25.3 Å². The highest BCUT2D eigenvalue weighted by atomic mass is 16.1. The zero-order valence-corrected chi connectivity index (χ0v) is 9.74. The quantitative estimate of drug-likeness (QED) is 0.645. The first kappa shape index (κ1) is 10.0. The summed E-state index contributed by atoms with van der Waals surface area (Å²) in [6, 6.07) is 9.81. The number of H-pyrrole nitrogens is 1. The van der Waals surface area contributed by atoms with E-state index < -0.39 is 0 Å². The van der Waals surface area contributed by atoms with Crippen molar-refractivity contribution in [3.63, 3.8) is 0 Å². The van der Waals surface area contributed by atoms with Gasteiger partial charge in [0.2, 0.25) is 0 Å². The van der Waals surface area contributed by atoms with Crippen LogP contribution in [0.25, 0.3) is 21.7 Å². The Bertz CT molecular complexity index is 740. The average molecular weight is 224 g/mol. The Morgan fingerprint density at radius 2 is 1.88 bits per heavy atom. The van der Waals surface area contributed by atoms with E-state index >= 15 is 0 Å². The third-order valence-corrected chi connectivity index (χ3v) is 3.13. The van der Waals surface area contributed by atoms with Crippen LogP contribution in [0.15, 0.2) is 30.3 Å². The SMILES string of the molecule is CC(=O)c1cc2c(C)[nH]nc2c2ccccc12. The van der Waals surface area contributed by atoms with E-state index in [1.807, 2.05) is 37.3 Å². The lowest BCUT2D eigenvalue weighted by molar-refractivity contribution is 0.101. The molecule has 0 saturated heterocycles. The van der Waals surface area contributed by atoms with Gasteiger partial charge in [-0.3, -0.25) is 9.89 Å². The molecule has 84 valence electrons. The molecule has 3 nitrogen and oxygen atoms in total. The van der Waals surface area contributed by atoms with Gasteiger partial charge in [-0.2, -0.15) is 5.10 Å². The molecule has 0 aliphatic carbocycles. The molecule has 0 saturated carbocycles. The zero-order valence-electron chi connectivity index (χ0n) is 9.74. The molecule has 1 heterocycles. The number of carbonyl (C=O) groups excluding carboxylic acids is 1. The maximum absolute atomic E-state index is 11.7. The number of nitrogens with zero attached hydrogens (tertiary/aromatic N) is 1. The lowest BCUT2D eigenvalue weighted by atomic mass is 9.98. The van der Waals surface area contributed by atoms with Crippen LogP contribution in [-0.2, 0) is 0 Å². The summed E-state index contributed by atoms with van der Waals surface area (Å²) < 4.78 is 0. The molecular formula is C14H12N2O. The van der Waals surface area contributed by atoms with Gasteiger partial charge < -0.3 is 0 Å². The van der Waals surface area contributed by atoms with Crippen molar-refractivity contribution in [3.8, 4) is 0 Å². The minimum absolute atomic E-state index is 0.0868. The Labute approximate surface area is 98.4 Å². The van der Waals surface area contributed by atoms with Gasteiger partial charge in [0.05, 0.1) is 0 Å². The molecule has 0 atom stereocenters. The molecule has 0 aliphatic rings. The van der Waals surface area contributed by atoms with Crippen LogP contribution in [-0.4, -0.2) is 16.0 Å². The first-order valence-corrected chi connectivity index (χ1v) is 5.56. The van der Waals surface area contributed by atoms with E-state index in [2.05, 4.69) is 10.2 Å². The van der Waals surface area contributed by atoms with E-state index in [1.165, 1.54) is 0 Å². The zero-order chi connectivity index (χ0) is 12.0. The van der Waals surface area contributed by atoms with Crippen molar-refractivity contribution in [1.29, 1.82) is 0 Å². The number of aromatic amines is 1. The Morgan fingerprint density at radius 1 is 1.18 bits per heavy atom. The number of Topliss-reactive ketones (excluding diaryl/α,β-unsaturated/α-hetero) is 1. The van der Waals surface area contributed by atoms with Gasteiger partial charge in [-0.15, -0.1) is 0 Å². The van der Waals surface area contributed by atoms with Gasteiger partial charge >= 0.3 is 0 Å². The molecule has 3 rings (SSSR count). The number of hydrogen-bond acceptors (Lipinski definition) is 2. The maximum Gasteiger partial charge on any atom is 0.160 e. The Kier molecular flexibility index (Phi) is 2.01. The number of fused-ring (bicyclic) bond motifs is 3. The molecule has 0 bridgehead atoms. The van der Waals surface area contributed by atoms with Crippen LogP contribution >= 0.6 is 0 Å². The normalized spacial score (nSPS) is 11.2. The lowest BCUT2D eigenvalue weighted by Gasteiger charge is -2.04. The molecule has 2 aromatic carbocycles. The highest BCUT2D eigenvalue weighted by molar-refractivity contribution is 6.16. The van der Waals surface area contributed by atoms with Crippen molar-refractivity contribution in [3.05, 3.63) is 41.6 Å². The monoisotopic (exact) mass is 224 g/mol. The fourth-order valence-corrected chi connectivity index (χ4v) is 2.26. The predicted molar refractivity (Wildman–Crippen MR) is 68.3 cm³/mol. The first-order chi connectivity index (χ1) is 8.18. The molecule has 1 aromatic heterocycles. The third-order valence-electron chi connectivity index (χ3n) is 3.13. The van der Waals surface area contributed by atoms with E-state index in [4.69, 9.17) is 0 Å². The second kappa shape index (κ2) is 3.42. The van der Waals surface area contributed by atoms with E-state index in [0.717, 1.165) is 32.9 Å². The molecule has 0 amide bonds. The predicted octanol–water partition coefficient (Wildman–Crippen LogP) is 3.23. The van der Waals surface area contributed by atoms with Crippen molar-refractivity contribution in [1.82, 2.24) is 10.2 Å². The minimum Gasteiger partial charge on any atom is -0.294 e. The van der Waals surface area contributed by atoms with Crippen molar-refractivity contribution < 1.29 is 4.79 Å². The molecule has 0 unspecified atom stereocenters. The van der Waals surface area contributed by atoms with Gasteiger partial charge in [-0.25, -0.2) is 0 Å². The summed E-state index contributed by atoms with van der Waals surface area (Å²) in [5.74, 6) is 0.0868. The van der Waals surface area contributed by atoms with Crippen molar-refractivity contribution in [2.24, 2.45) is 0 Å². The largest absolute Gasteiger partial charge is 0.294 e. The second-order valence-electron chi connectivity index (χ2n) is 4.27. The molecular weight excluding hydrogens is 212 g/mol. The number of rotatable bonds is 1. The average Bonchev–Trinajstić information content (AvgIpc) is 2.70. The number of aromatic nitrogens is 2. The van der Waals surface area contributed by atoms with E-state index in [9.17, 15) is 4.79 Å². The highest BCUT2D eigenvalue weighted by Gasteiger charge is 2.12. The molecule has 0 radical (unpaired) electrons. The Hall–Kier alpha value is -2.16. The maximum atomic E-state index is 11.7. The number of carbonyl (C=O) groups is 1. The molecule has 0 aliphatic heterocycles. The summed E-state index contributed by atoms with van der Waals surface area (Å²) in [4.78, 5) is 11.7. The van der Waals surface area contributed by atoms with Crippen LogP contribution in [0.4, 0.5) is 0 Å². The number of ketones is 1. The topological polar surface area (TPSA) is 45.8 Å².